The smallest absolute Gasteiger partial charge is 0.269 e. The molecule has 2 aliphatic heterocycles. The molecule has 0 N–H and O–H groups in total. The second kappa shape index (κ2) is 8.39. The number of benzene rings is 3. The summed E-state index contributed by atoms with van der Waals surface area (Å²) in [5.74, 6) is 1.07. The van der Waals surface area contributed by atoms with Crippen molar-refractivity contribution in [2.24, 2.45) is 9.98 Å². The first kappa shape index (κ1) is 20.1. The van der Waals surface area contributed by atoms with E-state index in [1.807, 2.05) is 54.6 Å². The lowest BCUT2D eigenvalue weighted by Crippen LogP contribution is -2.41. The van der Waals surface area contributed by atoms with Crippen LogP contribution in [0.25, 0.3) is 0 Å². The summed E-state index contributed by atoms with van der Waals surface area (Å²) in [5, 5.41) is 11.5. The maximum Gasteiger partial charge on any atom is 0.269 e. The molecule has 0 fully saturated rings. The summed E-state index contributed by atoms with van der Waals surface area (Å²) in [6.07, 6.45) is 0.530. The number of aliphatic imine (C=N–C) groups is 2. The van der Waals surface area contributed by atoms with Gasteiger partial charge in [-0.15, -0.1) is 0 Å². The number of hydrogen-bond acceptors (Lipinski definition) is 6. The van der Waals surface area contributed by atoms with E-state index < -0.39 is 11.0 Å². The van der Waals surface area contributed by atoms with Gasteiger partial charge < -0.3 is 0 Å². The van der Waals surface area contributed by atoms with Crippen LogP contribution in [-0.2, 0) is 17.0 Å². The SMILES string of the molecule is O=C1C(Cc2ccccc2)N=C2c3ccccc3N=C(SCc3ccc([N+](=O)[O-])cc3)N12. The van der Waals surface area contributed by atoms with Crippen LogP contribution in [0.1, 0.15) is 16.7 Å². The number of nitrogens with zero attached hydrogens (tertiary/aromatic N) is 4. The Bertz CT molecular complexity index is 1260. The Kier molecular flexibility index (Phi) is 5.28. The Morgan fingerprint density at radius 3 is 2.41 bits per heavy atom. The number of para-hydroxylation sites is 1. The van der Waals surface area contributed by atoms with Gasteiger partial charge in [-0.2, -0.15) is 0 Å². The van der Waals surface area contributed by atoms with E-state index in [2.05, 4.69) is 0 Å². The standard InChI is InChI=1S/C24H18N4O3S/c29-23-21(14-16-6-2-1-3-7-16)25-22-19-8-4-5-9-20(19)26-24(27(22)23)32-15-17-10-12-18(13-11-17)28(30)31/h1-13,21H,14-15H2. The van der Waals surface area contributed by atoms with Crippen molar-refractivity contribution in [3.8, 4) is 0 Å². The van der Waals surface area contributed by atoms with Gasteiger partial charge in [-0.25, -0.2) is 9.89 Å². The van der Waals surface area contributed by atoms with E-state index in [0.29, 0.717) is 23.2 Å². The number of carbonyl (C=O) groups excluding carboxylic acids is 1. The van der Waals surface area contributed by atoms with E-state index in [9.17, 15) is 14.9 Å². The number of thioether (sulfide) groups is 1. The number of hydrogen-bond donors (Lipinski definition) is 0. The molecule has 0 aliphatic carbocycles. The van der Waals surface area contributed by atoms with Gasteiger partial charge in [0.05, 0.1) is 10.6 Å². The molecule has 32 heavy (non-hydrogen) atoms. The highest BCUT2D eigenvalue weighted by Crippen LogP contribution is 2.35. The second-order valence-electron chi connectivity index (χ2n) is 7.46. The molecule has 1 amide bonds. The zero-order chi connectivity index (χ0) is 22.1. The lowest BCUT2D eigenvalue weighted by Gasteiger charge is -2.25. The van der Waals surface area contributed by atoms with Crippen LogP contribution < -0.4 is 0 Å². The molecular formula is C24H18N4O3S. The van der Waals surface area contributed by atoms with Crippen LogP contribution in [0.5, 0.6) is 0 Å². The van der Waals surface area contributed by atoms with E-state index in [0.717, 1.165) is 22.4 Å². The molecule has 2 heterocycles. The van der Waals surface area contributed by atoms with E-state index in [1.54, 1.807) is 17.0 Å². The molecule has 7 nitrogen and oxygen atoms in total. The number of amidine groups is 2. The van der Waals surface area contributed by atoms with Crippen molar-refractivity contribution >= 4 is 40.0 Å². The number of non-ortho nitro benzene ring substituents is 1. The van der Waals surface area contributed by atoms with Gasteiger partial charge in [0.2, 0.25) is 0 Å². The van der Waals surface area contributed by atoms with Crippen LogP contribution in [0.3, 0.4) is 0 Å². The van der Waals surface area contributed by atoms with Gasteiger partial charge >= 0.3 is 0 Å². The highest BCUT2D eigenvalue weighted by atomic mass is 32.2. The van der Waals surface area contributed by atoms with Gasteiger partial charge in [0, 0.05) is 29.9 Å². The number of rotatable bonds is 5. The van der Waals surface area contributed by atoms with Crippen molar-refractivity contribution in [1.82, 2.24) is 4.90 Å². The average Bonchev–Trinajstić information content (AvgIpc) is 3.15. The molecular weight excluding hydrogens is 424 g/mol. The molecule has 5 rings (SSSR count). The summed E-state index contributed by atoms with van der Waals surface area (Å²) in [7, 11) is 0. The predicted octanol–water partition coefficient (Wildman–Crippen LogP) is 4.73. The monoisotopic (exact) mass is 442 g/mol. The Morgan fingerprint density at radius 1 is 0.938 bits per heavy atom. The Hall–Kier alpha value is -3.78. The van der Waals surface area contributed by atoms with Crippen LogP contribution in [-0.4, -0.2) is 32.8 Å². The molecule has 0 aromatic heterocycles. The normalized spacial score (nSPS) is 16.8. The van der Waals surface area contributed by atoms with Crippen LogP contribution in [0.2, 0.25) is 0 Å². The fraction of sp³-hybridized carbons (Fsp3) is 0.125. The van der Waals surface area contributed by atoms with Gasteiger partial charge in [-0.05, 0) is 23.3 Å². The third-order valence-electron chi connectivity index (χ3n) is 5.33. The Labute approximate surface area is 188 Å². The third kappa shape index (κ3) is 3.80. The molecule has 3 aromatic rings. The van der Waals surface area contributed by atoms with Crippen LogP contribution in [0.4, 0.5) is 11.4 Å². The first-order valence-electron chi connectivity index (χ1n) is 10.1. The van der Waals surface area contributed by atoms with Crippen LogP contribution in [0.15, 0.2) is 88.8 Å². The molecule has 0 bridgehead atoms. The summed E-state index contributed by atoms with van der Waals surface area (Å²) in [4.78, 5) is 34.9. The van der Waals surface area contributed by atoms with Crippen molar-refractivity contribution < 1.29 is 9.72 Å². The first-order chi connectivity index (χ1) is 15.6. The topological polar surface area (TPSA) is 88.2 Å². The van der Waals surface area contributed by atoms with Crippen molar-refractivity contribution in [2.75, 3.05) is 0 Å². The van der Waals surface area contributed by atoms with Gasteiger partial charge in [0.1, 0.15) is 11.9 Å². The number of fused-ring (bicyclic) bond motifs is 3. The summed E-state index contributed by atoms with van der Waals surface area (Å²) in [5.41, 5.74) is 3.64. The highest BCUT2D eigenvalue weighted by molar-refractivity contribution is 8.13. The number of carbonyl (C=O) groups is 1. The van der Waals surface area contributed by atoms with E-state index in [4.69, 9.17) is 9.98 Å². The predicted molar refractivity (Wildman–Crippen MR) is 125 cm³/mol. The van der Waals surface area contributed by atoms with E-state index in [-0.39, 0.29) is 11.6 Å². The minimum Gasteiger partial charge on any atom is -0.271 e. The first-order valence-corrected chi connectivity index (χ1v) is 11.1. The lowest BCUT2D eigenvalue weighted by molar-refractivity contribution is -0.384. The molecule has 0 saturated heterocycles. The van der Waals surface area contributed by atoms with Gasteiger partial charge in [0.15, 0.2) is 5.17 Å². The quantitative estimate of drug-likeness (QED) is 0.422. The number of amides is 1. The molecule has 0 radical (unpaired) electrons. The van der Waals surface area contributed by atoms with Crippen molar-refractivity contribution in [2.45, 2.75) is 18.2 Å². The number of nitro benzene ring substituents is 1. The van der Waals surface area contributed by atoms with E-state index in [1.165, 1.54) is 23.9 Å². The minimum absolute atomic E-state index is 0.0515. The molecule has 0 saturated carbocycles. The van der Waals surface area contributed by atoms with Gasteiger partial charge in [-0.3, -0.25) is 19.9 Å². The summed E-state index contributed by atoms with van der Waals surface area (Å²) in [6.45, 7) is 0. The Balaban J connectivity index is 1.42. The second-order valence-corrected chi connectivity index (χ2v) is 8.40. The molecule has 8 heteroatoms. The molecule has 1 unspecified atom stereocenters. The molecule has 2 aliphatic rings. The highest BCUT2D eigenvalue weighted by Gasteiger charge is 2.41. The lowest BCUT2D eigenvalue weighted by atomic mass is 10.1. The van der Waals surface area contributed by atoms with Crippen LogP contribution in [0, 0.1) is 10.1 Å². The van der Waals surface area contributed by atoms with Crippen LogP contribution >= 0.6 is 11.8 Å². The van der Waals surface area contributed by atoms with Gasteiger partial charge in [-0.1, -0.05) is 66.4 Å². The molecule has 158 valence electrons. The molecule has 1 atom stereocenters. The summed E-state index contributed by atoms with van der Waals surface area (Å²) < 4.78 is 0. The van der Waals surface area contributed by atoms with Crippen molar-refractivity contribution in [1.29, 1.82) is 0 Å². The average molecular weight is 443 g/mol. The minimum atomic E-state index is -0.497. The Morgan fingerprint density at radius 2 is 1.66 bits per heavy atom. The van der Waals surface area contributed by atoms with Crippen molar-refractivity contribution in [3.63, 3.8) is 0 Å². The summed E-state index contributed by atoms with van der Waals surface area (Å²) in [6, 6.07) is 23.4. The van der Waals surface area contributed by atoms with Crippen molar-refractivity contribution in [3.05, 3.63) is 106 Å². The maximum absolute atomic E-state index is 13.3. The largest absolute Gasteiger partial charge is 0.271 e. The van der Waals surface area contributed by atoms with Gasteiger partial charge in [0.25, 0.3) is 11.6 Å². The molecule has 0 spiro atoms. The fourth-order valence-corrected chi connectivity index (χ4v) is 4.69. The zero-order valence-corrected chi connectivity index (χ0v) is 17.7. The third-order valence-corrected chi connectivity index (χ3v) is 6.34. The number of nitro groups is 1. The van der Waals surface area contributed by atoms with E-state index >= 15 is 0 Å². The fourth-order valence-electron chi connectivity index (χ4n) is 3.73. The zero-order valence-electron chi connectivity index (χ0n) is 16.9. The maximum atomic E-state index is 13.3. The summed E-state index contributed by atoms with van der Waals surface area (Å²) >= 11 is 1.42. The molecule has 3 aromatic carbocycles.